The molecule has 3 heterocycles. The number of benzene rings is 1. The molecule has 0 bridgehead atoms. The fourth-order valence-electron chi connectivity index (χ4n) is 3.37. The molecule has 2 aromatic heterocycles. The first-order valence-corrected chi connectivity index (χ1v) is 8.08. The SMILES string of the molecule is [2H]C([2H])([2H])c1ccc2c(c1)c1c(n2C([2H])([2H])Cc2ccc(C([2H])([2H])[2H])nc2)CCN(C)C1. The molecule has 0 radical (unpaired) electrons. The second-order valence-electron chi connectivity index (χ2n) is 6.37. The monoisotopic (exact) mass is 327 g/mol. The van der Waals surface area contributed by atoms with E-state index in [9.17, 15) is 0 Å². The Morgan fingerprint density at radius 3 is 3.00 bits per heavy atom. The Kier molecular flexibility index (Phi) is 2.23. The van der Waals surface area contributed by atoms with Crippen molar-refractivity contribution >= 4 is 10.9 Å². The van der Waals surface area contributed by atoms with Gasteiger partial charge in [-0.15, -0.1) is 0 Å². The maximum absolute atomic E-state index is 8.91. The third kappa shape index (κ3) is 2.73. The minimum atomic E-state index is -2.31. The minimum absolute atomic E-state index is 0.00830. The summed E-state index contributed by atoms with van der Waals surface area (Å²) in [6, 6.07) is 7.93. The van der Waals surface area contributed by atoms with Crippen molar-refractivity contribution in [3.8, 4) is 0 Å². The molecule has 1 aliphatic rings. The number of nitrogens with zero attached hydrogens (tertiary/aromatic N) is 3. The van der Waals surface area contributed by atoms with Gasteiger partial charge in [0.1, 0.15) is 0 Å². The van der Waals surface area contributed by atoms with E-state index in [1.165, 1.54) is 12.3 Å². The molecule has 0 saturated carbocycles. The van der Waals surface area contributed by atoms with Gasteiger partial charge in [-0.25, -0.2) is 0 Å². The first-order chi connectivity index (χ1) is 14.8. The molecular weight excluding hydrogens is 294 g/mol. The van der Waals surface area contributed by atoms with Gasteiger partial charge < -0.3 is 9.47 Å². The van der Waals surface area contributed by atoms with Crippen LogP contribution in [-0.2, 0) is 25.9 Å². The van der Waals surface area contributed by atoms with Gasteiger partial charge >= 0.3 is 0 Å². The second kappa shape index (κ2) is 6.06. The normalized spacial score (nSPS) is 21.5. The highest BCUT2D eigenvalue weighted by molar-refractivity contribution is 5.86. The fraction of sp³-hybridized carbons (Fsp3) is 0.381. The number of hydrogen-bond donors (Lipinski definition) is 0. The zero-order valence-electron chi connectivity index (χ0n) is 21.6. The molecule has 1 aliphatic heterocycles. The highest BCUT2D eigenvalue weighted by Gasteiger charge is 2.22. The third-order valence-corrected chi connectivity index (χ3v) is 4.61. The van der Waals surface area contributed by atoms with Gasteiger partial charge in [0.05, 0.1) is 2.74 Å². The van der Waals surface area contributed by atoms with Crippen molar-refractivity contribution in [3.05, 3.63) is 64.6 Å². The summed E-state index contributed by atoms with van der Waals surface area (Å²) in [7, 11) is 1.99. The highest BCUT2D eigenvalue weighted by Crippen LogP contribution is 2.31. The number of aryl methyl sites for hydroxylation is 4. The van der Waals surface area contributed by atoms with Gasteiger partial charge in [0.2, 0.25) is 0 Å². The highest BCUT2D eigenvalue weighted by atomic mass is 15.1. The van der Waals surface area contributed by atoms with Crippen LogP contribution >= 0.6 is 0 Å². The standard InChI is InChI=1S/C21H25N3/c1-15-4-7-20-18(12-15)19-14-23(3)10-9-21(19)24(20)11-8-17-6-5-16(2)22-13-17/h4-7,12-13H,8-11,14H2,1-3H3/i1D3,2D3,11D2. The quantitative estimate of drug-likeness (QED) is 0.728. The summed E-state index contributed by atoms with van der Waals surface area (Å²) < 4.78 is 65.2. The number of aromatic nitrogens is 2. The van der Waals surface area contributed by atoms with Crippen LogP contribution < -0.4 is 0 Å². The molecule has 0 saturated heterocycles. The summed E-state index contributed by atoms with van der Waals surface area (Å²) in [6.07, 6.45) is 2.08. The molecule has 0 N–H and O–H groups in total. The summed E-state index contributed by atoms with van der Waals surface area (Å²) in [6.45, 7) is -4.96. The molecule has 0 amide bonds. The number of likely N-dealkylation sites (N-methyl/N-ethyl adjacent to an activating group) is 1. The second-order valence-corrected chi connectivity index (χ2v) is 6.37. The molecule has 0 spiro atoms. The van der Waals surface area contributed by atoms with Crippen LogP contribution in [-0.4, -0.2) is 28.0 Å². The lowest BCUT2D eigenvalue weighted by atomic mass is 10.0. The van der Waals surface area contributed by atoms with Crippen LogP contribution in [0.3, 0.4) is 0 Å². The summed E-state index contributed by atoms with van der Waals surface area (Å²) >= 11 is 0. The van der Waals surface area contributed by atoms with E-state index in [0.29, 0.717) is 24.0 Å². The van der Waals surface area contributed by atoms with Crippen molar-refractivity contribution in [3.63, 3.8) is 0 Å². The maximum Gasteiger partial charge on any atom is 0.0501 e. The Morgan fingerprint density at radius 2 is 2.21 bits per heavy atom. The predicted molar refractivity (Wildman–Crippen MR) is 99.4 cm³/mol. The van der Waals surface area contributed by atoms with Gasteiger partial charge in [0.25, 0.3) is 0 Å². The third-order valence-electron chi connectivity index (χ3n) is 4.61. The van der Waals surface area contributed by atoms with Gasteiger partial charge in [-0.1, -0.05) is 17.7 Å². The molecule has 124 valence electrons. The first-order valence-electron chi connectivity index (χ1n) is 12.1. The van der Waals surface area contributed by atoms with Gasteiger partial charge in [0, 0.05) is 62.7 Å². The van der Waals surface area contributed by atoms with Crippen LogP contribution in [0.1, 0.15) is 39.0 Å². The summed E-state index contributed by atoms with van der Waals surface area (Å²) in [5, 5.41) is 0.764. The minimum Gasteiger partial charge on any atom is -0.344 e. The molecule has 0 unspecified atom stereocenters. The lowest BCUT2D eigenvalue weighted by molar-refractivity contribution is 0.309. The number of hydrogen-bond acceptors (Lipinski definition) is 2. The Balaban J connectivity index is 1.80. The van der Waals surface area contributed by atoms with E-state index in [1.54, 1.807) is 28.8 Å². The van der Waals surface area contributed by atoms with Crippen molar-refractivity contribution < 1.29 is 11.0 Å². The molecular formula is C21H25N3. The van der Waals surface area contributed by atoms with Gasteiger partial charge in [-0.05, 0) is 56.5 Å². The van der Waals surface area contributed by atoms with E-state index >= 15 is 0 Å². The van der Waals surface area contributed by atoms with E-state index in [-0.39, 0.29) is 17.7 Å². The van der Waals surface area contributed by atoms with Crippen LogP contribution in [0.5, 0.6) is 0 Å². The maximum atomic E-state index is 8.91. The van der Waals surface area contributed by atoms with Gasteiger partial charge in [-0.3, -0.25) is 4.98 Å². The average Bonchev–Trinajstić information content (AvgIpc) is 3.00. The Bertz CT molecular complexity index is 1140. The van der Waals surface area contributed by atoms with Crippen LogP contribution in [0.25, 0.3) is 10.9 Å². The van der Waals surface area contributed by atoms with E-state index in [0.717, 1.165) is 23.2 Å². The molecule has 4 rings (SSSR count). The molecule has 24 heavy (non-hydrogen) atoms. The van der Waals surface area contributed by atoms with Crippen molar-refractivity contribution in [1.29, 1.82) is 0 Å². The molecule has 0 aliphatic carbocycles. The van der Waals surface area contributed by atoms with E-state index < -0.39 is 20.2 Å². The van der Waals surface area contributed by atoms with E-state index in [4.69, 9.17) is 11.0 Å². The first kappa shape index (κ1) is 8.82. The van der Waals surface area contributed by atoms with E-state index in [1.807, 2.05) is 7.05 Å². The number of rotatable bonds is 3. The zero-order valence-corrected chi connectivity index (χ0v) is 13.6. The summed E-state index contributed by atoms with van der Waals surface area (Å²) in [4.78, 5) is 6.15. The van der Waals surface area contributed by atoms with Crippen molar-refractivity contribution in [2.45, 2.75) is 39.6 Å². The van der Waals surface area contributed by atoms with Crippen molar-refractivity contribution in [2.75, 3.05) is 13.6 Å². The average molecular weight is 328 g/mol. The molecule has 3 heteroatoms. The van der Waals surface area contributed by atoms with Gasteiger partial charge in [-0.2, -0.15) is 0 Å². The van der Waals surface area contributed by atoms with Crippen LogP contribution in [0, 0.1) is 13.7 Å². The topological polar surface area (TPSA) is 21.1 Å². The smallest absolute Gasteiger partial charge is 0.0501 e. The number of pyridine rings is 1. The largest absolute Gasteiger partial charge is 0.344 e. The molecule has 3 nitrogen and oxygen atoms in total. The number of fused-ring (bicyclic) bond motifs is 3. The Morgan fingerprint density at radius 1 is 1.25 bits per heavy atom. The van der Waals surface area contributed by atoms with Crippen LogP contribution in [0.2, 0.25) is 0 Å². The lowest BCUT2D eigenvalue weighted by Crippen LogP contribution is -2.27. The molecule has 3 aromatic rings. The fourth-order valence-corrected chi connectivity index (χ4v) is 3.37. The zero-order chi connectivity index (χ0) is 23.5. The Labute approximate surface area is 155 Å². The van der Waals surface area contributed by atoms with Crippen molar-refractivity contribution in [1.82, 2.24) is 14.5 Å². The van der Waals surface area contributed by atoms with Crippen LogP contribution in [0.4, 0.5) is 0 Å². The van der Waals surface area contributed by atoms with Crippen molar-refractivity contribution in [2.24, 2.45) is 0 Å². The predicted octanol–water partition coefficient (Wildman–Crippen LogP) is 3.88. The Hall–Kier alpha value is -2.13. The molecule has 0 atom stereocenters. The molecule has 1 aromatic carbocycles. The van der Waals surface area contributed by atoms with Crippen LogP contribution in [0.15, 0.2) is 36.5 Å². The summed E-state index contributed by atoms with van der Waals surface area (Å²) in [5.74, 6) is 0. The summed E-state index contributed by atoms with van der Waals surface area (Å²) in [5.41, 5.74) is 3.30. The van der Waals surface area contributed by atoms with Gasteiger partial charge in [0.15, 0.2) is 0 Å². The van der Waals surface area contributed by atoms with E-state index in [2.05, 4.69) is 9.88 Å². The molecule has 0 fully saturated rings. The lowest BCUT2D eigenvalue weighted by Gasteiger charge is -2.24.